The van der Waals surface area contributed by atoms with E-state index in [2.05, 4.69) is 20.3 Å². The lowest BCUT2D eigenvalue weighted by molar-refractivity contribution is 0.00259. The maximum absolute atomic E-state index is 12.8. The first-order valence-electron chi connectivity index (χ1n) is 10.7. The highest BCUT2D eigenvalue weighted by Gasteiger charge is 2.46. The number of carbonyl (C=O) groups is 3. The molecule has 2 aliphatic rings. The number of cyclic esters (lactones) is 1. The summed E-state index contributed by atoms with van der Waals surface area (Å²) in [5, 5.41) is 2.69. The molecule has 2 fully saturated rings. The molecule has 1 N–H and O–H groups in total. The van der Waals surface area contributed by atoms with Gasteiger partial charge in [-0.1, -0.05) is 11.6 Å². The SMILES string of the molecule is CNC(=O)c1cc(-c2cc(C3CN(C(=O)OC(C)(C)C)C[C@H]4COC(=O)N34)cc(Cl)n2)ncn1. The summed E-state index contributed by atoms with van der Waals surface area (Å²) in [6.07, 6.45) is 0.334. The number of carbonyl (C=O) groups excluding carboxylic acids is 3. The number of nitrogens with one attached hydrogen (secondary N) is 1. The second kappa shape index (κ2) is 9.05. The molecule has 180 valence electrons. The van der Waals surface area contributed by atoms with Crippen molar-refractivity contribution in [2.24, 2.45) is 0 Å². The first kappa shape index (κ1) is 23.7. The Bertz CT molecular complexity index is 1140. The van der Waals surface area contributed by atoms with Crippen LogP contribution < -0.4 is 5.32 Å². The maximum atomic E-state index is 12.8. The van der Waals surface area contributed by atoms with Gasteiger partial charge in [0.25, 0.3) is 5.91 Å². The molecule has 2 aromatic rings. The van der Waals surface area contributed by atoms with E-state index >= 15 is 0 Å². The molecule has 0 aliphatic carbocycles. The Labute approximate surface area is 201 Å². The van der Waals surface area contributed by atoms with Gasteiger partial charge in [-0.15, -0.1) is 0 Å². The lowest BCUT2D eigenvalue weighted by Crippen LogP contribution is -2.56. The van der Waals surface area contributed by atoms with Gasteiger partial charge in [0, 0.05) is 20.1 Å². The van der Waals surface area contributed by atoms with E-state index < -0.39 is 23.8 Å². The van der Waals surface area contributed by atoms with Crippen LogP contribution in [0.5, 0.6) is 0 Å². The molecule has 1 unspecified atom stereocenters. The largest absolute Gasteiger partial charge is 0.447 e. The quantitative estimate of drug-likeness (QED) is 0.653. The first-order chi connectivity index (χ1) is 16.1. The Morgan fingerprint density at radius 1 is 1.18 bits per heavy atom. The smallest absolute Gasteiger partial charge is 0.410 e. The molecule has 2 saturated heterocycles. The average Bonchev–Trinajstić information content (AvgIpc) is 3.17. The van der Waals surface area contributed by atoms with E-state index in [1.54, 1.807) is 42.7 Å². The van der Waals surface area contributed by atoms with Gasteiger partial charge in [-0.2, -0.15) is 0 Å². The molecule has 2 aliphatic heterocycles. The minimum Gasteiger partial charge on any atom is -0.447 e. The summed E-state index contributed by atoms with van der Waals surface area (Å²) >= 11 is 6.34. The summed E-state index contributed by atoms with van der Waals surface area (Å²) < 4.78 is 10.8. The van der Waals surface area contributed by atoms with Gasteiger partial charge in [-0.05, 0) is 44.5 Å². The molecule has 0 radical (unpaired) electrons. The predicted molar refractivity (Wildman–Crippen MR) is 121 cm³/mol. The van der Waals surface area contributed by atoms with Gasteiger partial charge in [0.05, 0.1) is 23.5 Å². The predicted octanol–water partition coefficient (Wildman–Crippen LogP) is 2.66. The first-order valence-corrected chi connectivity index (χ1v) is 11.1. The zero-order chi connectivity index (χ0) is 24.6. The summed E-state index contributed by atoms with van der Waals surface area (Å²) in [4.78, 5) is 53.1. The molecule has 4 heterocycles. The Morgan fingerprint density at radius 2 is 1.94 bits per heavy atom. The van der Waals surface area contributed by atoms with Crippen LogP contribution in [0.25, 0.3) is 11.4 Å². The zero-order valence-electron chi connectivity index (χ0n) is 19.2. The minimum atomic E-state index is -0.658. The fourth-order valence-electron chi connectivity index (χ4n) is 3.95. The molecular weight excluding hydrogens is 464 g/mol. The summed E-state index contributed by atoms with van der Waals surface area (Å²) in [5.41, 5.74) is 0.945. The molecule has 11 nitrogen and oxygen atoms in total. The molecule has 0 bridgehead atoms. The van der Waals surface area contributed by atoms with E-state index in [1.807, 2.05) is 0 Å². The summed E-state index contributed by atoms with van der Waals surface area (Å²) in [6.45, 7) is 6.04. The van der Waals surface area contributed by atoms with Crippen molar-refractivity contribution in [3.05, 3.63) is 40.9 Å². The van der Waals surface area contributed by atoms with Crippen LogP contribution in [0, 0.1) is 0 Å². The number of ether oxygens (including phenoxy) is 2. The van der Waals surface area contributed by atoms with Gasteiger partial charge in [0.15, 0.2) is 0 Å². The lowest BCUT2D eigenvalue weighted by Gasteiger charge is -2.42. The van der Waals surface area contributed by atoms with Gasteiger partial charge in [0.2, 0.25) is 0 Å². The molecular formula is C22H25ClN6O5. The highest BCUT2D eigenvalue weighted by Crippen LogP contribution is 2.35. The van der Waals surface area contributed by atoms with Crippen molar-refractivity contribution in [2.45, 2.75) is 38.5 Å². The fourth-order valence-corrected chi connectivity index (χ4v) is 4.17. The fraction of sp³-hybridized carbons (Fsp3) is 0.455. The molecule has 0 spiro atoms. The zero-order valence-corrected chi connectivity index (χ0v) is 20.0. The van der Waals surface area contributed by atoms with Crippen LogP contribution in [-0.4, -0.2) is 81.2 Å². The van der Waals surface area contributed by atoms with Crippen molar-refractivity contribution >= 4 is 29.7 Å². The van der Waals surface area contributed by atoms with Gasteiger partial charge < -0.3 is 19.7 Å². The number of rotatable bonds is 3. The summed E-state index contributed by atoms with van der Waals surface area (Å²) in [7, 11) is 1.50. The van der Waals surface area contributed by atoms with Gasteiger partial charge >= 0.3 is 12.2 Å². The van der Waals surface area contributed by atoms with Crippen molar-refractivity contribution in [3.8, 4) is 11.4 Å². The Morgan fingerprint density at radius 3 is 2.65 bits per heavy atom. The Kier molecular flexibility index (Phi) is 6.30. The average molecular weight is 489 g/mol. The summed E-state index contributed by atoms with van der Waals surface area (Å²) in [5.74, 6) is -0.367. The second-order valence-electron chi connectivity index (χ2n) is 9.02. The second-order valence-corrected chi connectivity index (χ2v) is 9.40. The normalized spacial score (nSPS) is 20.0. The molecule has 0 saturated carbocycles. The highest BCUT2D eigenvalue weighted by atomic mass is 35.5. The van der Waals surface area contributed by atoms with Crippen molar-refractivity contribution in [2.75, 3.05) is 26.7 Å². The number of fused-ring (bicyclic) bond motifs is 1. The number of hydrogen-bond donors (Lipinski definition) is 1. The third-order valence-electron chi connectivity index (χ3n) is 5.41. The van der Waals surface area contributed by atoms with Crippen LogP contribution in [0.1, 0.15) is 42.9 Å². The number of aromatic nitrogens is 3. The van der Waals surface area contributed by atoms with E-state index in [4.69, 9.17) is 21.1 Å². The van der Waals surface area contributed by atoms with E-state index in [0.29, 0.717) is 23.5 Å². The number of pyridine rings is 1. The van der Waals surface area contributed by atoms with Crippen LogP contribution >= 0.6 is 11.6 Å². The molecule has 3 amide bonds. The van der Waals surface area contributed by atoms with Gasteiger partial charge in [0.1, 0.15) is 29.4 Å². The maximum Gasteiger partial charge on any atom is 0.410 e. The van der Waals surface area contributed by atoms with Crippen LogP contribution in [0.15, 0.2) is 24.5 Å². The number of amides is 3. The minimum absolute atomic E-state index is 0.168. The number of nitrogens with zero attached hydrogens (tertiary/aromatic N) is 5. The van der Waals surface area contributed by atoms with E-state index in [0.717, 1.165) is 0 Å². The van der Waals surface area contributed by atoms with Crippen LogP contribution in [0.3, 0.4) is 0 Å². The monoisotopic (exact) mass is 488 g/mol. The van der Waals surface area contributed by atoms with Crippen LogP contribution in [-0.2, 0) is 9.47 Å². The number of piperazine rings is 1. The third kappa shape index (κ3) is 4.89. The van der Waals surface area contributed by atoms with Crippen molar-refractivity contribution in [1.82, 2.24) is 30.1 Å². The topological polar surface area (TPSA) is 127 Å². The van der Waals surface area contributed by atoms with Crippen molar-refractivity contribution in [1.29, 1.82) is 0 Å². The molecule has 4 rings (SSSR count). The Hall–Kier alpha value is -3.47. The Balaban J connectivity index is 1.70. The van der Waals surface area contributed by atoms with Crippen LogP contribution in [0.2, 0.25) is 5.15 Å². The van der Waals surface area contributed by atoms with E-state index in [1.165, 1.54) is 19.4 Å². The highest BCUT2D eigenvalue weighted by molar-refractivity contribution is 6.29. The third-order valence-corrected chi connectivity index (χ3v) is 5.60. The van der Waals surface area contributed by atoms with E-state index in [-0.39, 0.29) is 35.9 Å². The van der Waals surface area contributed by atoms with Gasteiger partial charge in [-0.25, -0.2) is 24.5 Å². The molecule has 2 aromatic heterocycles. The molecule has 34 heavy (non-hydrogen) atoms. The van der Waals surface area contributed by atoms with Crippen molar-refractivity contribution in [3.63, 3.8) is 0 Å². The standard InChI is InChI=1S/C22H25ClN6O5/c1-22(2,3)34-20(31)28-8-13-10-33-21(32)29(13)17(9-28)12-5-15(27-18(23)6-12)14-7-16(19(30)24-4)26-11-25-14/h5-7,11,13,17H,8-10H2,1-4H3,(H,24,30)/t13-,17?/m0/s1. The molecule has 0 aromatic carbocycles. The van der Waals surface area contributed by atoms with Crippen LogP contribution in [0.4, 0.5) is 9.59 Å². The summed E-state index contributed by atoms with van der Waals surface area (Å²) in [6, 6.07) is 4.00. The van der Waals surface area contributed by atoms with Gasteiger partial charge in [-0.3, -0.25) is 9.69 Å². The number of halogens is 1. The van der Waals surface area contributed by atoms with E-state index in [9.17, 15) is 14.4 Å². The molecule has 2 atom stereocenters. The number of hydrogen-bond acceptors (Lipinski definition) is 8. The van der Waals surface area contributed by atoms with Crippen molar-refractivity contribution < 1.29 is 23.9 Å². The lowest BCUT2D eigenvalue weighted by atomic mass is 9.99. The molecule has 12 heteroatoms.